The van der Waals surface area contributed by atoms with Crippen LogP contribution in [0.4, 0.5) is 0 Å². The highest BCUT2D eigenvalue weighted by molar-refractivity contribution is 7.99. The summed E-state index contributed by atoms with van der Waals surface area (Å²) in [6.07, 6.45) is 4.46. The van der Waals surface area contributed by atoms with Gasteiger partial charge in [-0.25, -0.2) is 14.8 Å². The number of carboxylic acid groups (broad SMARTS) is 1. The van der Waals surface area contributed by atoms with E-state index in [1.807, 2.05) is 0 Å². The SMILES string of the molecule is O=C(O)c1cc2c(nc1Sc1ncccc1Cl)CCC2. The minimum absolute atomic E-state index is 0.220. The zero-order valence-corrected chi connectivity index (χ0v) is 12.0. The average molecular weight is 307 g/mol. The Hall–Kier alpha value is -1.59. The molecule has 4 nitrogen and oxygen atoms in total. The molecule has 0 aliphatic heterocycles. The van der Waals surface area contributed by atoms with E-state index in [1.165, 1.54) is 11.8 Å². The molecule has 2 aromatic rings. The Bertz CT molecular complexity index is 691. The molecule has 1 aliphatic carbocycles. The van der Waals surface area contributed by atoms with E-state index in [-0.39, 0.29) is 5.56 Å². The smallest absolute Gasteiger partial charge is 0.338 e. The van der Waals surface area contributed by atoms with Crippen LogP contribution >= 0.6 is 23.4 Å². The van der Waals surface area contributed by atoms with Crippen LogP contribution in [0.25, 0.3) is 0 Å². The lowest BCUT2D eigenvalue weighted by Crippen LogP contribution is -2.04. The van der Waals surface area contributed by atoms with Gasteiger partial charge in [-0.1, -0.05) is 11.6 Å². The largest absolute Gasteiger partial charge is 0.478 e. The van der Waals surface area contributed by atoms with E-state index in [9.17, 15) is 9.90 Å². The van der Waals surface area contributed by atoms with Crippen molar-refractivity contribution in [2.75, 3.05) is 0 Å². The predicted octanol–water partition coefficient (Wildman–Crippen LogP) is 3.47. The van der Waals surface area contributed by atoms with E-state index in [0.29, 0.717) is 15.1 Å². The third-order valence-electron chi connectivity index (χ3n) is 3.16. The fourth-order valence-corrected chi connectivity index (χ4v) is 3.33. The van der Waals surface area contributed by atoms with Crippen LogP contribution in [0.3, 0.4) is 0 Å². The minimum atomic E-state index is -0.971. The zero-order chi connectivity index (χ0) is 14.1. The standard InChI is InChI=1S/C14H11ClN2O2S/c15-10-4-2-6-16-13(10)20-12-9(14(18)19)7-8-3-1-5-11(8)17-12/h2,4,6-7H,1,3,5H2,(H,18,19). The van der Waals surface area contributed by atoms with Crippen LogP contribution in [0.1, 0.15) is 28.0 Å². The quantitative estimate of drug-likeness (QED) is 0.940. The highest BCUT2D eigenvalue weighted by Gasteiger charge is 2.21. The molecular weight excluding hydrogens is 296 g/mol. The fourth-order valence-electron chi connectivity index (χ4n) is 2.22. The number of fused-ring (bicyclic) bond motifs is 1. The first-order chi connectivity index (χ1) is 9.65. The molecule has 2 heterocycles. The Balaban J connectivity index is 2.04. The lowest BCUT2D eigenvalue weighted by molar-refractivity contribution is 0.0692. The first-order valence-electron chi connectivity index (χ1n) is 6.19. The second kappa shape index (κ2) is 5.42. The van der Waals surface area contributed by atoms with Gasteiger partial charge in [-0.05, 0) is 54.8 Å². The molecule has 0 spiro atoms. The highest BCUT2D eigenvalue weighted by atomic mass is 35.5. The molecule has 1 aliphatic rings. The van der Waals surface area contributed by atoms with Gasteiger partial charge >= 0.3 is 5.97 Å². The monoisotopic (exact) mass is 306 g/mol. The number of hydrogen-bond donors (Lipinski definition) is 1. The molecule has 6 heteroatoms. The van der Waals surface area contributed by atoms with Crippen molar-refractivity contribution in [2.45, 2.75) is 29.3 Å². The summed E-state index contributed by atoms with van der Waals surface area (Å²) in [5.74, 6) is -0.971. The van der Waals surface area contributed by atoms with Crippen molar-refractivity contribution in [1.82, 2.24) is 9.97 Å². The molecule has 20 heavy (non-hydrogen) atoms. The van der Waals surface area contributed by atoms with Crippen LogP contribution in [-0.2, 0) is 12.8 Å². The number of carboxylic acids is 1. The molecule has 0 unspecified atom stereocenters. The minimum Gasteiger partial charge on any atom is -0.478 e. The maximum absolute atomic E-state index is 11.4. The van der Waals surface area contributed by atoms with Gasteiger partial charge in [0.2, 0.25) is 0 Å². The number of hydrogen-bond acceptors (Lipinski definition) is 4. The van der Waals surface area contributed by atoms with E-state index >= 15 is 0 Å². The lowest BCUT2D eigenvalue weighted by Gasteiger charge is -2.08. The van der Waals surface area contributed by atoms with Gasteiger partial charge in [0.25, 0.3) is 0 Å². The first kappa shape index (κ1) is 13.4. The predicted molar refractivity (Wildman–Crippen MR) is 76.6 cm³/mol. The summed E-state index contributed by atoms with van der Waals surface area (Å²) in [6, 6.07) is 5.20. The van der Waals surface area contributed by atoms with E-state index in [4.69, 9.17) is 11.6 Å². The van der Waals surface area contributed by atoms with Crippen molar-refractivity contribution in [1.29, 1.82) is 0 Å². The van der Waals surface area contributed by atoms with Gasteiger partial charge in [0.15, 0.2) is 0 Å². The van der Waals surface area contributed by atoms with E-state index < -0.39 is 5.97 Å². The van der Waals surface area contributed by atoms with Crippen LogP contribution in [-0.4, -0.2) is 21.0 Å². The Kier molecular flexibility index (Phi) is 3.63. The van der Waals surface area contributed by atoms with E-state index in [2.05, 4.69) is 9.97 Å². The fraction of sp³-hybridized carbons (Fsp3) is 0.214. The molecule has 2 aromatic heterocycles. The third-order valence-corrected chi connectivity index (χ3v) is 4.60. The van der Waals surface area contributed by atoms with Crippen LogP contribution in [0, 0.1) is 0 Å². The van der Waals surface area contributed by atoms with Gasteiger partial charge in [-0.2, -0.15) is 0 Å². The number of aromatic carboxylic acids is 1. The summed E-state index contributed by atoms with van der Waals surface area (Å²) in [6.45, 7) is 0. The van der Waals surface area contributed by atoms with Gasteiger partial charge in [0.1, 0.15) is 10.1 Å². The molecule has 0 bridgehead atoms. The molecule has 0 aromatic carbocycles. The summed E-state index contributed by atoms with van der Waals surface area (Å²) in [7, 11) is 0. The molecule has 0 atom stereocenters. The zero-order valence-electron chi connectivity index (χ0n) is 10.5. The summed E-state index contributed by atoms with van der Waals surface area (Å²) in [5.41, 5.74) is 2.25. The molecule has 0 saturated heterocycles. The topological polar surface area (TPSA) is 63.1 Å². The van der Waals surface area contributed by atoms with Gasteiger partial charge in [-0.15, -0.1) is 0 Å². The first-order valence-corrected chi connectivity index (χ1v) is 7.39. The third kappa shape index (κ3) is 2.51. The maximum atomic E-state index is 11.4. The molecule has 0 radical (unpaired) electrons. The molecule has 102 valence electrons. The van der Waals surface area contributed by atoms with E-state index in [1.54, 1.807) is 24.4 Å². The molecular formula is C14H11ClN2O2S. The van der Waals surface area contributed by atoms with Crippen LogP contribution in [0.15, 0.2) is 34.4 Å². The number of nitrogens with zero attached hydrogens (tertiary/aromatic N) is 2. The molecule has 0 saturated carbocycles. The number of aryl methyl sites for hydroxylation is 2. The summed E-state index contributed by atoms with van der Waals surface area (Å²) < 4.78 is 0. The Labute approximate surface area is 125 Å². The summed E-state index contributed by atoms with van der Waals surface area (Å²) in [4.78, 5) is 20.1. The van der Waals surface area contributed by atoms with E-state index in [0.717, 1.165) is 30.5 Å². The summed E-state index contributed by atoms with van der Waals surface area (Å²) >= 11 is 7.26. The van der Waals surface area contributed by atoms with Crippen molar-refractivity contribution >= 4 is 29.3 Å². The normalized spacial score (nSPS) is 13.2. The van der Waals surface area contributed by atoms with Crippen LogP contribution in [0.2, 0.25) is 5.02 Å². The number of carbonyl (C=O) groups is 1. The Morgan fingerprint density at radius 3 is 2.95 bits per heavy atom. The van der Waals surface area contributed by atoms with Gasteiger partial charge in [0.05, 0.1) is 10.6 Å². The molecule has 0 fully saturated rings. The van der Waals surface area contributed by atoms with Gasteiger partial charge in [-0.3, -0.25) is 0 Å². The van der Waals surface area contributed by atoms with Crippen molar-refractivity contribution in [3.05, 3.63) is 46.2 Å². The van der Waals surface area contributed by atoms with Gasteiger partial charge < -0.3 is 5.11 Å². The van der Waals surface area contributed by atoms with Crippen molar-refractivity contribution in [2.24, 2.45) is 0 Å². The second-order valence-electron chi connectivity index (χ2n) is 4.50. The molecule has 3 rings (SSSR count). The Morgan fingerprint density at radius 2 is 2.20 bits per heavy atom. The lowest BCUT2D eigenvalue weighted by atomic mass is 10.1. The van der Waals surface area contributed by atoms with Crippen molar-refractivity contribution in [3.63, 3.8) is 0 Å². The Morgan fingerprint density at radius 1 is 1.35 bits per heavy atom. The summed E-state index contributed by atoms with van der Waals surface area (Å²) in [5, 5.41) is 10.9. The molecule has 0 amide bonds. The maximum Gasteiger partial charge on any atom is 0.338 e. The number of pyridine rings is 2. The number of aromatic nitrogens is 2. The van der Waals surface area contributed by atoms with Crippen molar-refractivity contribution < 1.29 is 9.90 Å². The highest BCUT2D eigenvalue weighted by Crippen LogP contribution is 2.34. The van der Waals surface area contributed by atoms with Crippen LogP contribution in [0.5, 0.6) is 0 Å². The average Bonchev–Trinajstić information content (AvgIpc) is 2.87. The van der Waals surface area contributed by atoms with Gasteiger partial charge in [0, 0.05) is 11.9 Å². The molecule has 1 N–H and O–H groups in total. The number of rotatable bonds is 3. The second-order valence-corrected chi connectivity index (χ2v) is 5.88. The number of halogens is 1. The van der Waals surface area contributed by atoms with Crippen molar-refractivity contribution in [3.8, 4) is 0 Å². The van der Waals surface area contributed by atoms with Crippen LogP contribution < -0.4 is 0 Å².